The molecule has 0 atom stereocenters. The number of carbonyl (C=O) groups excluding carboxylic acids is 1. The van der Waals surface area contributed by atoms with Crippen molar-refractivity contribution < 1.29 is 4.79 Å². The number of benzene rings is 1. The zero-order valence-electron chi connectivity index (χ0n) is 13.4. The van der Waals surface area contributed by atoms with E-state index >= 15 is 0 Å². The summed E-state index contributed by atoms with van der Waals surface area (Å²) in [6.07, 6.45) is 3.31. The van der Waals surface area contributed by atoms with E-state index in [2.05, 4.69) is 48.3 Å². The lowest BCUT2D eigenvalue weighted by Crippen LogP contribution is -2.44. The first-order chi connectivity index (χ1) is 10.1. The van der Waals surface area contributed by atoms with E-state index in [1.807, 2.05) is 12.1 Å². The standard InChI is InChI=1S/C17H27N3O/c1-4-14-5-7-15(8-6-14)18-17(21)13-20(3)16-9-11-19(2)12-10-16/h5-8,16H,4,9-13H2,1-3H3,(H,18,21). The smallest absolute Gasteiger partial charge is 0.238 e. The number of anilines is 1. The molecule has 1 aromatic carbocycles. The van der Waals surface area contributed by atoms with Crippen molar-refractivity contribution in [3.63, 3.8) is 0 Å². The molecular formula is C17H27N3O. The summed E-state index contributed by atoms with van der Waals surface area (Å²) in [4.78, 5) is 16.7. The van der Waals surface area contributed by atoms with Crippen molar-refractivity contribution in [2.45, 2.75) is 32.2 Å². The molecule has 0 bridgehead atoms. The number of hydrogen-bond acceptors (Lipinski definition) is 3. The fourth-order valence-electron chi connectivity index (χ4n) is 2.82. The van der Waals surface area contributed by atoms with E-state index < -0.39 is 0 Å². The first-order valence-corrected chi connectivity index (χ1v) is 7.86. The van der Waals surface area contributed by atoms with Gasteiger partial charge in [0.05, 0.1) is 6.54 Å². The Labute approximate surface area is 128 Å². The van der Waals surface area contributed by atoms with Crippen LogP contribution in [0.3, 0.4) is 0 Å². The second-order valence-electron chi connectivity index (χ2n) is 6.05. The highest BCUT2D eigenvalue weighted by Gasteiger charge is 2.21. The average Bonchev–Trinajstić information content (AvgIpc) is 2.48. The van der Waals surface area contributed by atoms with E-state index in [0.717, 1.165) is 38.0 Å². The van der Waals surface area contributed by atoms with Gasteiger partial charge in [0.1, 0.15) is 0 Å². The van der Waals surface area contributed by atoms with Crippen LogP contribution in [0.1, 0.15) is 25.3 Å². The van der Waals surface area contributed by atoms with Crippen molar-refractivity contribution >= 4 is 11.6 Å². The maximum atomic E-state index is 12.1. The molecule has 0 radical (unpaired) electrons. The minimum Gasteiger partial charge on any atom is -0.325 e. The topological polar surface area (TPSA) is 35.6 Å². The van der Waals surface area contributed by atoms with Crippen LogP contribution in [-0.4, -0.2) is 55.5 Å². The summed E-state index contributed by atoms with van der Waals surface area (Å²) < 4.78 is 0. The minimum atomic E-state index is 0.0701. The molecule has 0 aromatic heterocycles. The van der Waals surface area contributed by atoms with Gasteiger partial charge >= 0.3 is 0 Å². The molecule has 2 rings (SSSR count). The van der Waals surface area contributed by atoms with Crippen molar-refractivity contribution in [3.8, 4) is 0 Å². The Bertz CT molecular complexity index is 450. The highest BCUT2D eigenvalue weighted by atomic mass is 16.2. The van der Waals surface area contributed by atoms with Gasteiger partial charge < -0.3 is 10.2 Å². The van der Waals surface area contributed by atoms with Crippen molar-refractivity contribution in [2.75, 3.05) is 39.0 Å². The number of nitrogens with one attached hydrogen (secondary N) is 1. The average molecular weight is 289 g/mol. The molecule has 1 heterocycles. The first kappa shape index (κ1) is 16.0. The Morgan fingerprint density at radius 1 is 1.29 bits per heavy atom. The third-order valence-corrected chi connectivity index (χ3v) is 4.35. The summed E-state index contributed by atoms with van der Waals surface area (Å²) >= 11 is 0. The number of hydrogen-bond donors (Lipinski definition) is 1. The predicted molar refractivity (Wildman–Crippen MR) is 87.6 cm³/mol. The van der Waals surface area contributed by atoms with Gasteiger partial charge in [-0.15, -0.1) is 0 Å². The van der Waals surface area contributed by atoms with E-state index in [1.165, 1.54) is 5.56 Å². The summed E-state index contributed by atoms with van der Waals surface area (Å²) in [5, 5.41) is 2.98. The van der Waals surface area contributed by atoms with Crippen molar-refractivity contribution in [2.24, 2.45) is 0 Å². The number of aryl methyl sites for hydroxylation is 1. The Balaban J connectivity index is 1.80. The fraction of sp³-hybridized carbons (Fsp3) is 0.588. The molecule has 1 aromatic rings. The van der Waals surface area contributed by atoms with Crippen LogP contribution in [0.2, 0.25) is 0 Å². The molecule has 4 nitrogen and oxygen atoms in total. The van der Waals surface area contributed by atoms with Crippen LogP contribution >= 0.6 is 0 Å². The molecule has 0 saturated carbocycles. The second-order valence-corrected chi connectivity index (χ2v) is 6.05. The molecule has 21 heavy (non-hydrogen) atoms. The zero-order chi connectivity index (χ0) is 15.2. The van der Waals surface area contributed by atoms with Crippen molar-refractivity contribution in [1.29, 1.82) is 0 Å². The highest BCUT2D eigenvalue weighted by Crippen LogP contribution is 2.14. The van der Waals surface area contributed by atoms with Crippen LogP contribution in [0.5, 0.6) is 0 Å². The number of likely N-dealkylation sites (N-methyl/N-ethyl adjacent to an activating group) is 1. The van der Waals surface area contributed by atoms with Gasteiger partial charge in [-0.2, -0.15) is 0 Å². The van der Waals surface area contributed by atoms with Crippen LogP contribution < -0.4 is 5.32 Å². The number of carbonyl (C=O) groups is 1. The third-order valence-electron chi connectivity index (χ3n) is 4.35. The van der Waals surface area contributed by atoms with Gasteiger partial charge in [-0.05, 0) is 64.1 Å². The molecular weight excluding hydrogens is 262 g/mol. The predicted octanol–water partition coefficient (Wildman–Crippen LogP) is 2.21. The van der Waals surface area contributed by atoms with Gasteiger partial charge in [0.15, 0.2) is 0 Å². The normalized spacial score (nSPS) is 17.1. The van der Waals surface area contributed by atoms with Crippen LogP contribution in [0.15, 0.2) is 24.3 Å². The van der Waals surface area contributed by atoms with Crippen LogP contribution in [0, 0.1) is 0 Å². The molecule has 1 aliphatic rings. The Morgan fingerprint density at radius 2 is 1.90 bits per heavy atom. The van der Waals surface area contributed by atoms with E-state index in [4.69, 9.17) is 0 Å². The Kier molecular flexibility index (Phi) is 5.76. The summed E-state index contributed by atoms with van der Waals surface area (Å²) in [7, 11) is 4.21. The summed E-state index contributed by atoms with van der Waals surface area (Å²) in [6.45, 7) is 4.83. The lowest BCUT2D eigenvalue weighted by molar-refractivity contribution is -0.117. The summed E-state index contributed by atoms with van der Waals surface area (Å²) in [5.74, 6) is 0.0701. The molecule has 0 unspecified atom stereocenters. The van der Waals surface area contributed by atoms with Gasteiger partial charge in [0, 0.05) is 11.7 Å². The third kappa shape index (κ3) is 4.83. The van der Waals surface area contributed by atoms with E-state index in [0.29, 0.717) is 12.6 Å². The largest absolute Gasteiger partial charge is 0.325 e. The SMILES string of the molecule is CCc1ccc(NC(=O)CN(C)C2CCN(C)CC2)cc1. The summed E-state index contributed by atoms with van der Waals surface area (Å²) in [6, 6.07) is 8.61. The van der Waals surface area contributed by atoms with E-state index in [1.54, 1.807) is 0 Å². The Hall–Kier alpha value is -1.39. The van der Waals surface area contributed by atoms with Crippen LogP contribution in [-0.2, 0) is 11.2 Å². The molecule has 1 N–H and O–H groups in total. The molecule has 1 amide bonds. The number of nitrogens with zero attached hydrogens (tertiary/aromatic N) is 2. The monoisotopic (exact) mass is 289 g/mol. The van der Waals surface area contributed by atoms with Crippen LogP contribution in [0.4, 0.5) is 5.69 Å². The van der Waals surface area contributed by atoms with Crippen molar-refractivity contribution in [3.05, 3.63) is 29.8 Å². The molecule has 4 heteroatoms. The molecule has 0 spiro atoms. The van der Waals surface area contributed by atoms with E-state index in [9.17, 15) is 4.79 Å². The van der Waals surface area contributed by atoms with Gasteiger partial charge in [0.25, 0.3) is 0 Å². The zero-order valence-corrected chi connectivity index (χ0v) is 13.4. The number of likely N-dealkylation sites (tertiary alicyclic amines) is 1. The quantitative estimate of drug-likeness (QED) is 0.903. The number of piperidine rings is 1. The highest BCUT2D eigenvalue weighted by molar-refractivity contribution is 5.92. The number of amides is 1. The van der Waals surface area contributed by atoms with Gasteiger partial charge in [0.2, 0.25) is 5.91 Å². The molecule has 1 saturated heterocycles. The first-order valence-electron chi connectivity index (χ1n) is 7.86. The molecule has 116 valence electrons. The Morgan fingerprint density at radius 3 is 2.48 bits per heavy atom. The maximum Gasteiger partial charge on any atom is 0.238 e. The maximum absolute atomic E-state index is 12.1. The summed E-state index contributed by atoms with van der Waals surface area (Å²) in [5.41, 5.74) is 2.17. The number of rotatable bonds is 5. The second kappa shape index (κ2) is 7.57. The molecule has 0 aliphatic carbocycles. The molecule has 1 aliphatic heterocycles. The van der Waals surface area contributed by atoms with Gasteiger partial charge in [-0.1, -0.05) is 19.1 Å². The minimum absolute atomic E-state index is 0.0701. The van der Waals surface area contributed by atoms with E-state index in [-0.39, 0.29) is 5.91 Å². The lowest BCUT2D eigenvalue weighted by Gasteiger charge is -2.34. The van der Waals surface area contributed by atoms with Crippen molar-refractivity contribution in [1.82, 2.24) is 9.80 Å². The van der Waals surface area contributed by atoms with Gasteiger partial charge in [-0.3, -0.25) is 9.69 Å². The van der Waals surface area contributed by atoms with Gasteiger partial charge in [-0.25, -0.2) is 0 Å². The lowest BCUT2D eigenvalue weighted by atomic mass is 10.0. The van der Waals surface area contributed by atoms with Crippen LogP contribution in [0.25, 0.3) is 0 Å². The fourth-order valence-corrected chi connectivity index (χ4v) is 2.82. The molecule has 1 fully saturated rings.